The predicted molar refractivity (Wildman–Crippen MR) is 229 cm³/mol. The number of aliphatic hydroxyl groups excluding tert-OH is 1. The predicted octanol–water partition coefficient (Wildman–Crippen LogP) is 11.0. The quantitative estimate of drug-likeness (QED) is 0.121. The molecule has 6 nitrogen and oxygen atoms in total. The van der Waals surface area contributed by atoms with Crippen LogP contribution in [0.3, 0.4) is 0 Å². The van der Waals surface area contributed by atoms with E-state index in [1.165, 1.54) is 53.9 Å². The molecule has 0 fully saturated rings. The standard InChI is InChI=1S/C50H23N3O3/c54-48-34-18-14-30-26-10-6-22-21-5-9-25-29-13-17-33-45-36(50(56)53-38-4-2-1-3-37(38)51-47(33)53)20-16-32(43(29)45)28-12-8-24(39(21)41(25)28)23-7-11-27(42(26)40(22)23)31-15-19-35(49(55)52-48)46(34)44(30)31/h1-20,48,54H,(H,52,55). The lowest BCUT2D eigenvalue weighted by Crippen LogP contribution is -2.32. The number of hydrogen-bond donors (Lipinski definition) is 2. The highest BCUT2D eigenvalue weighted by molar-refractivity contribution is 6.47. The van der Waals surface area contributed by atoms with Crippen LogP contribution in [0.2, 0.25) is 0 Å². The Morgan fingerprint density at radius 3 is 1.36 bits per heavy atom. The molecule has 0 saturated carbocycles. The molecule has 1 aliphatic rings. The van der Waals surface area contributed by atoms with Crippen LogP contribution in [0.1, 0.15) is 22.1 Å². The van der Waals surface area contributed by atoms with Gasteiger partial charge in [0, 0.05) is 32.7 Å². The molecule has 0 bridgehead atoms. The minimum Gasteiger partial charge on any atom is -0.369 e. The van der Waals surface area contributed by atoms with Gasteiger partial charge in [-0.1, -0.05) is 91.0 Å². The molecule has 56 heavy (non-hydrogen) atoms. The Bertz CT molecular complexity index is 4140. The van der Waals surface area contributed by atoms with Crippen molar-refractivity contribution < 1.29 is 9.90 Å². The van der Waals surface area contributed by atoms with E-state index in [0.717, 1.165) is 75.8 Å². The van der Waals surface area contributed by atoms with Gasteiger partial charge in [0.25, 0.3) is 11.5 Å². The van der Waals surface area contributed by atoms with Crippen molar-refractivity contribution >= 4 is 141 Å². The van der Waals surface area contributed by atoms with Gasteiger partial charge in [0.15, 0.2) is 6.23 Å². The molecule has 0 spiro atoms. The zero-order valence-corrected chi connectivity index (χ0v) is 29.3. The summed E-state index contributed by atoms with van der Waals surface area (Å²) in [6.07, 6.45) is -1.04. The Balaban J connectivity index is 1.10. The largest absolute Gasteiger partial charge is 0.369 e. The lowest BCUT2D eigenvalue weighted by molar-refractivity contribution is 0.0773. The topological polar surface area (TPSA) is 83.7 Å². The maximum Gasteiger partial charge on any atom is 0.264 e. The second-order valence-corrected chi connectivity index (χ2v) is 15.8. The number of benzene rings is 12. The molecule has 0 saturated heterocycles. The number of aromatic nitrogens is 2. The first-order valence-electron chi connectivity index (χ1n) is 19.0. The molecule has 6 heteroatoms. The van der Waals surface area contributed by atoms with Crippen LogP contribution in [0.5, 0.6) is 0 Å². The highest BCUT2D eigenvalue weighted by Crippen LogP contribution is 2.52. The van der Waals surface area contributed by atoms with E-state index in [1.807, 2.05) is 42.5 Å². The fraction of sp³-hybridized carbons (Fsp3) is 0.0200. The molecule has 12 aromatic carbocycles. The number of para-hydroxylation sites is 2. The first kappa shape index (κ1) is 28.1. The van der Waals surface area contributed by atoms with Crippen molar-refractivity contribution in [2.45, 2.75) is 6.23 Å². The van der Waals surface area contributed by atoms with Gasteiger partial charge in [-0.2, -0.15) is 0 Å². The zero-order valence-electron chi connectivity index (χ0n) is 29.3. The molecule has 0 radical (unpaired) electrons. The van der Waals surface area contributed by atoms with E-state index in [-0.39, 0.29) is 11.5 Å². The summed E-state index contributed by atoms with van der Waals surface area (Å²) in [5, 5.41) is 38.1. The van der Waals surface area contributed by atoms with Gasteiger partial charge in [0.2, 0.25) is 0 Å². The Morgan fingerprint density at radius 1 is 0.446 bits per heavy atom. The summed E-state index contributed by atoms with van der Waals surface area (Å²) in [6, 6.07) is 42.7. The minimum absolute atomic E-state index is 0.0383. The SMILES string of the molecule is O=C1NC(O)c2ccc3c4ccc5c6ccc7c8ccc9c%10c(ccc(c%11ccc(c%12ccc(c%13ccc1c2c%133)c4c%125)c6c%117)c8%10)c(=O)n1c2ccccc2nc91. The summed E-state index contributed by atoms with van der Waals surface area (Å²) < 4.78 is 1.78. The maximum absolute atomic E-state index is 14.2. The molecule has 2 N–H and O–H groups in total. The van der Waals surface area contributed by atoms with Gasteiger partial charge >= 0.3 is 0 Å². The lowest BCUT2D eigenvalue weighted by Gasteiger charge is -2.26. The average molecular weight is 714 g/mol. The molecule has 15 rings (SSSR count). The number of carbonyl (C=O) groups is 1. The van der Waals surface area contributed by atoms with E-state index in [1.54, 1.807) is 4.40 Å². The summed E-state index contributed by atoms with van der Waals surface area (Å²) in [7, 11) is 0. The summed E-state index contributed by atoms with van der Waals surface area (Å²) in [4.78, 5) is 32.3. The molecular weight excluding hydrogens is 691 g/mol. The van der Waals surface area contributed by atoms with Crippen molar-refractivity contribution in [1.82, 2.24) is 14.7 Å². The first-order chi connectivity index (χ1) is 27.5. The number of carbonyl (C=O) groups excluding carboxylic acids is 1. The van der Waals surface area contributed by atoms with E-state index in [4.69, 9.17) is 4.98 Å². The lowest BCUT2D eigenvalue weighted by atomic mass is 9.80. The molecule has 1 unspecified atom stereocenters. The molecule has 1 aliphatic heterocycles. The number of pyridine rings is 1. The van der Waals surface area contributed by atoms with E-state index in [2.05, 4.69) is 84.2 Å². The number of hydrogen-bond acceptors (Lipinski definition) is 4. The molecule has 256 valence electrons. The van der Waals surface area contributed by atoms with Gasteiger partial charge in [0.05, 0.1) is 11.0 Å². The number of rotatable bonds is 0. The van der Waals surface area contributed by atoms with E-state index < -0.39 is 6.23 Å². The average Bonchev–Trinajstić information content (AvgIpc) is 3.63. The van der Waals surface area contributed by atoms with Crippen LogP contribution in [0.25, 0.3) is 135 Å². The number of imidazole rings is 1. The molecule has 1 amide bonds. The highest BCUT2D eigenvalue weighted by Gasteiger charge is 2.29. The van der Waals surface area contributed by atoms with Gasteiger partial charge in [0.1, 0.15) is 5.65 Å². The fourth-order valence-electron chi connectivity index (χ4n) is 11.3. The zero-order chi connectivity index (χ0) is 36.5. The Hall–Kier alpha value is -7.41. The number of nitrogens with zero attached hydrogens (tertiary/aromatic N) is 2. The van der Waals surface area contributed by atoms with Crippen molar-refractivity contribution in [2.24, 2.45) is 0 Å². The molecule has 3 heterocycles. The molecule has 1 atom stereocenters. The summed E-state index contributed by atoms with van der Waals surface area (Å²) in [6.45, 7) is 0. The summed E-state index contributed by atoms with van der Waals surface area (Å²) >= 11 is 0. The van der Waals surface area contributed by atoms with Crippen molar-refractivity contribution in [3.8, 4) is 0 Å². The molecule has 14 aromatic rings. The Kier molecular flexibility index (Phi) is 4.48. The second-order valence-electron chi connectivity index (χ2n) is 15.8. The number of nitrogens with one attached hydrogen (secondary N) is 1. The Labute approximate surface area is 313 Å². The fourth-order valence-corrected chi connectivity index (χ4v) is 11.3. The summed E-state index contributed by atoms with van der Waals surface area (Å²) in [5.41, 5.74) is 3.64. The van der Waals surface area contributed by atoms with Gasteiger partial charge < -0.3 is 10.4 Å². The van der Waals surface area contributed by atoms with Crippen LogP contribution in [0, 0.1) is 0 Å². The van der Waals surface area contributed by atoms with Crippen molar-refractivity contribution in [3.63, 3.8) is 0 Å². The van der Waals surface area contributed by atoms with E-state index >= 15 is 0 Å². The third kappa shape index (κ3) is 2.87. The molecule has 2 aromatic heterocycles. The smallest absolute Gasteiger partial charge is 0.264 e. The Morgan fingerprint density at radius 2 is 0.839 bits per heavy atom. The minimum atomic E-state index is -1.04. The molecular formula is C50H23N3O3. The van der Waals surface area contributed by atoms with Crippen LogP contribution < -0.4 is 10.9 Å². The van der Waals surface area contributed by atoms with Gasteiger partial charge in [-0.05, 0) is 127 Å². The monoisotopic (exact) mass is 713 g/mol. The van der Waals surface area contributed by atoms with Crippen molar-refractivity contribution in [1.29, 1.82) is 0 Å². The van der Waals surface area contributed by atoms with Crippen LogP contribution in [-0.4, -0.2) is 20.4 Å². The molecule has 0 aliphatic carbocycles. The van der Waals surface area contributed by atoms with Gasteiger partial charge in [-0.25, -0.2) is 4.98 Å². The highest BCUT2D eigenvalue weighted by atomic mass is 16.3. The third-order valence-corrected chi connectivity index (χ3v) is 13.5. The maximum atomic E-state index is 14.2. The number of fused-ring (bicyclic) bond motifs is 10. The van der Waals surface area contributed by atoms with Crippen LogP contribution in [-0.2, 0) is 0 Å². The van der Waals surface area contributed by atoms with Crippen LogP contribution in [0.4, 0.5) is 0 Å². The second kappa shape index (κ2) is 8.92. The number of amides is 1. The summed E-state index contributed by atoms with van der Waals surface area (Å²) in [5.74, 6) is -0.251. The van der Waals surface area contributed by atoms with E-state index in [9.17, 15) is 14.7 Å². The van der Waals surface area contributed by atoms with E-state index in [0.29, 0.717) is 16.6 Å². The van der Waals surface area contributed by atoms with Crippen LogP contribution >= 0.6 is 0 Å². The van der Waals surface area contributed by atoms with Gasteiger partial charge in [-0.15, -0.1) is 0 Å². The normalized spacial score (nSPS) is 15.3. The van der Waals surface area contributed by atoms with Crippen molar-refractivity contribution in [2.75, 3.05) is 0 Å². The van der Waals surface area contributed by atoms with Crippen LogP contribution in [0.15, 0.2) is 126 Å². The number of aliphatic hydroxyl groups is 1. The third-order valence-electron chi connectivity index (χ3n) is 13.5. The van der Waals surface area contributed by atoms with Crippen molar-refractivity contribution in [3.05, 3.63) is 143 Å². The first-order valence-corrected chi connectivity index (χ1v) is 19.0. The van der Waals surface area contributed by atoms with Gasteiger partial charge in [-0.3, -0.25) is 14.0 Å².